The van der Waals surface area contributed by atoms with E-state index in [-0.39, 0.29) is 18.1 Å². The lowest BCUT2D eigenvalue weighted by Crippen LogP contribution is -2.22. The Bertz CT molecular complexity index is 1500. The van der Waals surface area contributed by atoms with Crippen molar-refractivity contribution in [2.24, 2.45) is 5.10 Å². The van der Waals surface area contributed by atoms with Crippen molar-refractivity contribution in [2.75, 3.05) is 11.9 Å². The number of fused-ring (bicyclic) bond motifs is 1. The number of carbonyl (C=O) groups is 1. The van der Waals surface area contributed by atoms with Gasteiger partial charge >= 0.3 is 0 Å². The van der Waals surface area contributed by atoms with Crippen molar-refractivity contribution >= 4 is 67.2 Å². The predicted molar refractivity (Wildman–Crippen MR) is 155 cm³/mol. The maximum atomic E-state index is 13.1. The topological polar surface area (TPSA) is 85.6 Å². The van der Waals surface area contributed by atoms with E-state index in [0.717, 1.165) is 31.3 Å². The van der Waals surface area contributed by atoms with Gasteiger partial charge in [0.25, 0.3) is 11.5 Å². The molecule has 0 saturated carbocycles. The van der Waals surface area contributed by atoms with Gasteiger partial charge in [0, 0.05) is 16.6 Å². The number of hydrogen-bond donors (Lipinski definition) is 1. The van der Waals surface area contributed by atoms with Crippen molar-refractivity contribution < 1.29 is 9.53 Å². The molecule has 3 aromatic carbocycles. The maximum Gasteiger partial charge on any atom is 0.282 e. The number of amides is 1. The van der Waals surface area contributed by atoms with Crippen molar-refractivity contribution in [3.63, 3.8) is 0 Å². The Morgan fingerprint density at radius 1 is 1.17 bits per heavy atom. The van der Waals surface area contributed by atoms with Crippen LogP contribution < -0.4 is 15.6 Å². The molecule has 0 radical (unpaired) electrons. The molecule has 0 aliphatic carbocycles. The summed E-state index contributed by atoms with van der Waals surface area (Å²) >= 11 is 5.57. The molecule has 0 bridgehead atoms. The fraction of sp³-hybridized carbons (Fsp3) is 0.185. The highest BCUT2D eigenvalue weighted by Crippen LogP contribution is 2.22. The summed E-state index contributed by atoms with van der Waals surface area (Å²) in [4.78, 5) is 30.0. The van der Waals surface area contributed by atoms with Crippen LogP contribution in [-0.4, -0.2) is 28.4 Å². The molecule has 36 heavy (non-hydrogen) atoms. The second kappa shape index (κ2) is 11.8. The molecule has 1 aromatic heterocycles. The van der Waals surface area contributed by atoms with Crippen molar-refractivity contribution in [1.82, 2.24) is 9.66 Å². The highest BCUT2D eigenvalue weighted by atomic mass is 127. The van der Waals surface area contributed by atoms with E-state index in [4.69, 9.17) is 4.74 Å². The normalized spacial score (nSPS) is 11.2. The van der Waals surface area contributed by atoms with E-state index in [2.05, 4.69) is 53.9 Å². The third-order valence-corrected chi connectivity index (χ3v) is 6.66. The molecule has 0 atom stereocenters. The van der Waals surface area contributed by atoms with Crippen LogP contribution in [0.15, 0.2) is 75.0 Å². The van der Waals surface area contributed by atoms with Crippen LogP contribution in [0.3, 0.4) is 0 Å². The minimum absolute atomic E-state index is 0.106. The second-order valence-corrected chi connectivity index (χ2v) is 10.3. The lowest BCUT2D eigenvalue weighted by molar-refractivity contribution is -0.118. The van der Waals surface area contributed by atoms with E-state index >= 15 is 0 Å². The van der Waals surface area contributed by atoms with Crippen LogP contribution in [0.4, 0.5) is 5.69 Å². The first-order chi connectivity index (χ1) is 17.3. The molecule has 7 nitrogen and oxygen atoms in total. The molecule has 0 spiro atoms. The van der Waals surface area contributed by atoms with Gasteiger partial charge in [0.05, 0.1) is 20.7 Å². The molecule has 1 heterocycles. The predicted octanol–water partition coefficient (Wildman–Crippen LogP) is 5.92. The zero-order chi connectivity index (χ0) is 25.7. The first-order valence-corrected chi connectivity index (χ1v) is 13.3. The van der Waals surface area contributed by atoms with E-state index in [9.17, 15) is 9.59 Å². The monoisotopic (exact) mass is 658 g/mol. The fourth-order valence-electron chi connectivity index (χ4n) is 3.52. The summed E-state index contributed by atoms with van der Waals surface area (Å²) in [5.74, 6) is 0.967. The zero-order valence-electron chi connectivity index (χ0n) is 19.8. The summed E-state index contributed by atoms with van der Waals surface area (Å²) in [5, 5.41) is 7.79. The number of benzene rings is 3. The van der Waals surface area contributed by atoms with Gasteiger partial charge in [-0.3, -0.25) is 9.59 Å². The number of rotatable bonds is 8. The maximum absolute atomic E-state index is 13.1. The number of nitrogens with zero attached hydrogens (tertiary/aromatic N) is 3. The van der Waals surface area contributed by atoms with Gasteiger partial charge in [-0.1, -0.05) is 40.5 Å². The van der Waals surface area contributed by atoms with Crippen molar-refractivity contribution in [3.05, 3.63) is 96.0 Å². The Kier molecular flexibility index (Phi) is 8.52. The summed E-state index contributed by atoms with van der Waals surface area (Å²) in [7, 11) is 0. The van der Waals surface area contributed by atoms with Crippen LogP contribution >= 0.6 is 38.5 Å². The van der Waals surface area contributed by atoms with Crippen LogP contribution in [0.25, 0.3) is 10.9 Å². The van der Waals surface area contributed by atoms with Gasteiger partial charge in [-0.25, -0.2) is 4.98 Å². The van der Waals surface area contributed by atoms with Gasteiger partial charge in [0.15, 0.2) is 6.61 Å². The van der Waals surface area contributed by atoms with Gasteiger partial charge in [-0.15, -0.1) is 0 Å². The molecule has 0 aliphatic heterocycles. The quantitative estimate of drug-likeness (QED) is 0.188. The number of halogens is 2. The summed E-state index contributed by atoms with van der Waals surface area (Å²) in [6, 6.07) is 18.5. The summed E-state index contributed by atoms with van der Waals surface area (Å²) in [6.07, 6.45) is 3.10. The molecule has 4 aromatic rings. The van der Waals surface area contributed by atoms with Gasteiger partial charge in [-0.2, -0.15) is 9.78 Å². The van der Waals surface area contributed by atoms with Crippen LogP contribution in [0.2, 0.25) is 0 Å². The number of hydrogen-bond acceptors (Lipinski definition) is 5. The van der Waals surface area contributed by atoms with Gasteiger partial charge in [-0.05, 0) is 90.0 Å². The fourth-order valence-corrected chi connectivity index (χ4v) is 4.57. The average Bonchev–Trinajstić information content (AvgIpc) is 2.85. The van der Waals surface area contributed by atoms with Crippen LogP contribution in [-0.2, 0) is 11.2 Å². The summed E-state index contributed by atoms with van der Waals surface area (Å²) in [5.41, 5.74) is 3.08. The number of carbonyl (C=O) groups excluding carboxylic acids is 1. The molecule has 0 saturated heterocycles. The standard InChI is InChI=1S/C27H24BrIN4O3/c1-3-4-25-32-23-11-8-19(28)14-21(23)27(35)33(25)30-15-18-7-12-24(22(29)13-18)36-16-26(34)31-20-9-5-17(2)6-10-20/h5-15H,3-4,16H2,1-2H3,(H,31,34). The van der Waals surface area contributed by atoms with E-state index in [0.29, 0.717) is 28.9 Å². The minimum atomic E-state index is -0.237. The molecule has 4 rings (SSSR count). The summed E-state index contributed by atoms with van der Waals surface area (Å²) < 4.78 is 8.71. The van der Waals surface area contributed by atoms with E-state index < -0.39 is 0 Å². The number of nitrogens with one attached hydrogen (secondary N) is 1. The Morgan fingerprint density at radius 3 is 2.67 bits per heavy atom. The molecular formula is C27H24BrIN4O3. The molecule has 1 amide bonds. The van der Waals surface area contributed by atoms with E-state index in [1.807, 2.05) is 62.4 Å². The van der Waals surface area contributed by atoms with Crippen LogP contribution in [0.1, 0.15) is 30.3 Å². The van der Waals surface area contributed by atoms with Crippen LogP contribution in [0.5, 0.6) is 5.75 Å². The average molecular weight is 659 g/mol. The Balaban J connectivity index is 1.49. The lowest BCUT2D eigenvalue weighted by Gasteiger charge is -2.10. The molecule has 0 aliphatic rings. The first kappa shape index (κ1) is 26.0. The van der Waals surface area contributed by atoms with Crippen molar-refractivity contribution in [1.29, 1.82) is 0 Å². The molecule has 0 unspecified atom stereocenters. The van der Waals surface area contributed by atoms with Crippen molar-refractivity contribution in [3.8, 4) is 5.75 Å². The number of ether oxygens (including phenoxy) is 1. The molecule has 9 heteroatoms. The highest BCUT2D eigenvalue weighted by Gasteiger charge is 2.11. The van der Waals surface area contributed by atoms with E-state index in [1.54, 1.807) is 18.3 Å². The second-order valence-electron chi connectivity index (χ2n) is 8.19. The Morgan fingerprint density at radius 2 is 1.94 bits per heavy atom. The largest absolute Gasteiger partial charge is 0.483 e. The van der Waals surface area contributed by atoms with E-state index in [1.165, 1.54) is 4.68 Å². The van der Waals surface area contributed by atoms with Gasteiger partial charge < -0.3 is 10.1 Å². The molecule has 0 fully saturated rings. The molecular weight excluding hydrogens is 635 g/mol. The highest BCUT2D eigenvalue weighted by molar-refractivity contribution is 14.1. The van der Waals surface area contributed by atoms with Gasteiger partial charge in [0.1, 0.15) is 11.6 Å². The summed E-state index contributed by atoms with van der Waals surface area (Å²) in [6.45, 7) is 3.92. The zero-order valence-corrected chi connectivity index (χ0v) is 23.5. The minimum Gasteiger partial charge on any atom is -0.483 e. The molecule has 1 N–H and O–H groups in total. The third-order valence-electron chi connectivity index (χ3n) is 5.32. The van der Waals surface area contributed by atoms with Crippen molar-refractivity contribution in [2.45, 2.75) is 26.7 Å². The Hall–Kier alpha value is -3.05. The SMILES string of the molecule is CCCc1nc2ccc(Br)cc2c(=O)n1N=Cc1ccc(OCC(=O)Nc2ccc(C)cc2)c(I)c1. The lowest BCUT2D eigenvalue weighted by atomic mass is 10.2. The number of anilines is 1. The van der Waals surface area contributed by atoms with Crippen LogP contribution in [0, 0.1) is 10.5 Å². The first-order valence-electron chi connectivity index (χ1n) is 11.4. The van der Waals surface area contributed by atoms with Gasteiger partial charge in [0.2, 0.25) is 0 Å². The third kappa shape index (κ3) is 6.38. The number of aryl methyl sites for hydroxylation is 2. The smallest absolute Gasteiger partial charge is 0.282 e. The Labute approximate surface area is 230 Å². The molecule has 184 valence electrons. The number of aromatic nitrogens is 2.